The number of hydrogen-bond acceptors (Lipinski definition) is 10. The van der Waals surface area contributed by atoms with Gasteiger partial charge in [0.05, 0.1) is 28.1 Å². The minimum absolute atomic E-state index is 0.0408. The van der Waals surface area contributed by atoms with E-state index in [2.05, 4.69) is 16.4 Å². The van der Waals surface area contributed by atoms with Crippen LogP contribution in [0.1, 0.15) is 80.0 Å². The van der Waals surface area contributed by atoms with Gasteiger partial charge in [0, 0.05) is 49.3 Å². The fourth-order valence-corrected chi connectivity index (χ4v) is 12.6. The third-order valence-corrected chi connectivity index (χ3v) is 15.0. The normalized spacial score (nSPS) is 41.5. The van der Waals surface area contributed by atoms with Crippen LogP contribution in [0.2, 0.25) is 0 Å². The number of aliphatic hydroxyl groups is 3. The van der Waals surface area contributed by atoms with E-state index in [1.165, 1.54) is 24.8 Å². The molecule has 2 aromatic carbocycles. The zero-order valence-corrected chi connectivity index (χ0v) is 28.5. The first-order chi connectivity index (χ1) is 24.1. The minimum Gasteiger partial charge on any atom is -0.504 e. The summed E-state index contributed by atoms with van der Waals surface area (Å²) in [5.74, 6) is 1.95. The fourth-order valence-electron chi connectivity index (χ4n) is 12.6. The van der Waals surface area contributed by atoms with Gasteiger partial charge in [-0.3, -0.25) is 14.6 Å². The van der Waals surface area contributed by atoms with Crippen LogP contribution >= 0.6 is 0 Å². The smallest absolute Gasteiger partial charge is 0.174 e. The Bertz CT molecular complexity index is 1810. The number of hydrogen-bond donors (Lipinski definition) is 5. The molecule has 9 atom stereocenters. The highest BCUT2D eigenvalue weighted by Crippen LogP contribution is 2.66. The highest BCUT2D eigenvalue weighted by Gasteiger charge is 2.74. The molecule has 5 fully saturated rings. The van der Waals surface area contributed by atoms with Crippen LogP contribution in [-0.4, -0.2) is 109 Å². The van der Waals surface area contributed by atoms with Gasteiger partial charge in [0.15, 0.2) is 34.9 Å². The summed E-state index contributed by atoms with van der Waals surface area (Å²) in [6.45, 7) is 7.38. The van der Waals surface area contributed by atoms with Crippen molar-refractivity contribution < 1.29 is 39.8 Å². The highest BCUT2D eigenvalue weighted by molar-refractivity contribution is 5.90. The molecule has 4 bridgehead atoms. The fraction of sp³-hybridized carbons (Fsp3) is 0.625. The minimum atomic E-state index is -1.00. The monoisotopic (exact) mass is 684 g/mol. The number of Topliss-reactive ketones (excluding diaryl/α,β-unsaturated/α-hetero) is 1. The lowest BCUT2D eigenvalue weighted by Gasteiger charge is -2.64. The number of rotatable bonds is 4. The molecule has 5 N–H and O–H groups in total. The van der Waals surface area contributed by atoms with Crippen LogP contribution in [0.25, 0.3) is 0 Å². The Morgan fingerprint density at radius 1 is 0.820 bits per heavy atom. The van der Waals surface area contributed by atoms with Crippen LogP contribution in [0.5, 0.6) is 23.0 Å². The van der Waals surface area contributed by atoms with Gasteiger partial charge >= 0.3 is 0 Å². The highest BCUT2D eigenvalue weighted by atomic mass is 16.5. The van der Waals surface area contributed by atoms with E-state index in [1.54, 1.807) is 12.1 Å². The van der Waals surface area contributed by atoms with Crippen molar-refractivity contribution in [3.05, 3.63) is 59.2 Å². The van der Waals surface area contributed by atoms with E-state index in [0.29, 0.717) is 50.0 Å². The molecule has 10 heteroatoms. The summed E-state index contributed by atoms with van der Waals surface area (Å²) >= 11 is 0. The van der Waals surface area contributed by atoms with E-state index < -0.39 is 40.3 Å². The van der Waals surface area contributed by atoms with Gasteiger partial charge in [0.2, 0.25) is 0 Å². The van der Waals surface area contributed by atoms with Crippen molar-refractivity contribution in [2.75, 3.05) is 26.2 Å². The van der Waals surface area contributed by atoms with Gasteiger partial charge in [-0.05, 0) is 93.5 Å². The van der Waals surface area contributed by atoms with Crippen LogP contribution in [0.4, 0.5) is 0 Å². The Balaban J connectivity index is 0.000000127. The second-order valence-corrected chi connectivity index (χ2v) is 16.8. The number of benzene rings is 2. The predicted molar refractivity (Wildman–Crippen MR) is 183 cm³/mol. The summed E-state index contributed by atoms with van der Waals surface area (Å²) in [5, 5.41) is 55.3. The SMILES string of the molecule is C=CCN1CC[C@]23c4c5ccc(O)c4O[C@H]2C(=O)CC[C@@]3(O)[C@H]1C5.Oc1ccc2c3c1O[C@H]1[C@@H](O)CC[C@@]4(O)[C@@H](C2)N(CC2CCC2)CC[C@]314. The third kappa shape index (κ3) is 3.64. The summed E-state index contributed by atoms with van der Waals surface area (Å²) in [4.78, 5) is 17.4. The largest absolute Gasteiger partial charge is 0.504 e. The van der Waals surface area contributed by atoms with Gasteiger partial charge in [-0.2, -0.15) is 0 Å². The van der Waals surface area contributed by atoms with Gasteiger partial charge in [-0.1, -0.05) is 24.6 Å². The number of ketones is 1. The topological polar surface area (TPSA) is 143 Å². The lowest BCUT2D eigenvalue weighted by Crippen LogP contribution is -2.77. The number of aromatic hydroxyl groups is 2. The maximum atomic E-state index is 12.6. The molecular formula is C40H48N2O8. The van der Waals surface area contributed by atoms with Gasteiger partial charge < -0.3 is 35.0 Å². The lowest BCUT2D eigenvalue weighted by molar-refractivity contribution is -0.209. The molecule has 266 valence electrons. The number of nitrogens with zero attached hydrogens (tertiary/aromatic N) is 2. The molecule has 0 aromatic heterocycles. The van der Waals surface area contributed by atoms with Crippen molar-refractivity contribution in [3.63, 3.8) is 0 Å². The van der Waals surface area contributed by atoms with Crippen LogP contribution in [-0.2, 0) is 28.5 Å². The molecule has 11 rings (SSSR count). The Hall–Kier alpha value is -3.15. The van der Waals surface area contributed by atoms with E-state index >= 15 is 0 Å². The average Bonchev–Trinajstić information content (AvgIpc) is 3.62. The van der Waals surface area contributed by atoms with E-state index in [-0.39, 0.29) is 29.4 Å². The quantitative estimate of drug-likeness (QED) is 0.305. The molecule has 4 aliphatic heterocycles. The molecule has 2 spiro atoms. The number of ether oxygens (including phenoxy) is 2. The third-order valence-electron chi connectivity index (χ3n) is 15.0. The Kier molecular flexibility index (Phi) is 6.61. The summed E-state index contributed by atoms with van der Waals surface area (Å²) in [7, 11) is 0. The molecule has 10 nitrogen and oxygen atoms in total. The molecule has 50 heavy (non-hydrogen) atoms. The number of phenolic OH excluding ortho intramolecular Hbond substituents is 2. The second-order valence-electron chi connectivity index (χ2n) is 16.8. The number of piperidine rings is 2. The van der Waals surface area contributed by atoms with Crippen molar-refractivity contribution in [1.29, 1.82) is 0 Å². The Labute approximate surface area is 292 Å². The first kappa shape index (κ1) is 31.6. The number of carbonyl (C=O) groups excluding carboxylic acids is 1. The van der Waals surface area contributed by atoms with Crippen molar-refractivity contribution in [2.24, 2.45) is 5.92 Å². The molecule has 4 heterocycles. The first-order valence-corrected chi connectivity index (χ1v) is 18.9. The zero-order valence-electron chi connectivity index (χ0n) is 28.5. The Morgan fingerprint density at radius 2 is 1.44 bits per heavy atom. The molecule has 2 aromatic rings. The predicted octanol–water partition coefficient (Wildman–Crippen LogP) is 3.01. The van der Waals surface area contributed by atoms with Gasteiger partial charge in [-0.25, -0.2) is 0 Å². The van der Waals surface area contributed by atoms with Crippen LogP contribution < -0.4 is 9.47 Å². The van der Waals surface area contributed by atoms with Gasteiger partial charge in [0.25, 0.3) is 0 Å². The first-order valence-electron chi connectivity index (χ1n) is 18.9. The van der Waals surface area contributed by atoms with Crippen molar-refractivity contribution in [2.45, 2.75) is 123 Å². The summed E-state index contributed by atoms with van der Waals surface area (Å²) in [5.41, 5.74) is 0.968. The van der Waals surface area contributed by atoms with Crippen molar-refractivity contribution >= 4 is 5.78 Å². The molecule has 0 radical (unpaired) electrons. The number of phenols is 2. The summed E-state index contributed by atoms with van der Waals surface area (Å²) in [6.07, 6.45) is 9.03. The maximum Gasteiger partial charge on any atom is 0.174 e. The van der Waals surface area contributed by atoms with E-state index in [9.17, 15) is 30.3 Å². The molecule has 3 saturated carbocycles. The number of likely N-dealkylation sites (tertiary alicyclic amines) is 2. The Morgan fingerprint density at radius 3 is 2.12 bits per heavy atom. The van der Waals surface area contributed by atoms with E-state index in [4.69, 9.17) is 9.47 Å². The van der Waals surface area contributed by atoms with E-state index in [0.717, 1.165) is 61.6 Å². The maximum absolute atomic E-state index is 12.6. The number of carbonyl (C=O) groups is 1. The van der Waals surface area contributed by atoms with Crippen LogP contribution in [0.3, 0.4) is 0 Å². The van der Waals surface area contributed by atoms with Gasteiger partial charge in [-0.15, -0.1) is 6.58 Å². The molecule has 2 saturated heterocycles. The summed E-state index contributed by atoms with van der Waals surface area (Å²) in [6, 6.07) is 7.31. The lowest BCUT2D eigenvalue weighted by atomic mass is 9.48. The van der Waals surface area contributed by atoms with Gasteiger partial charge in [0.1, 0.15) is 6.10 Å². The van der Waals surface area contributed by atoms with Crippen LogP contribution in [0.15, 0.2) is 36.9 Å². The van der Waals surface area contributed by atoms with Crippen LogP contribution in [0, 0.1) is 5.92 Å². The molecule has 0 amide bonds. The second kappa shape index (κ2) is 10.5. The molecule has 5 aliphatic carbocycles. The zero-order chi connectivity index (χ0) is 34.4. The van der Waals surface area contributed by atoms with Crippen molar-refractivity contribution in [3.8, 4) is 23.0 Å². The molecule has 0 unspecified atom stereocenters. The molecular weight excluding hydrogens is 636 g/mol. The van der Waals surface area contributed by atoms with E-state index in [1.807, 2.05) is 18.2 Å². The average molecular weight is 685 g/mol. The standard InChI is InChI=1S/C21H27NO4.C19H21NO4/c23-14-5-4-13-10-16-21(25)7-6-15(24)19-20(21,17(13)18(14)26-19)8-9-22(16)11-12-2-1-3-12;1-2-8-20-9-7-18-15-11-3-4-12(21)16(15)24-17(18)13(22)5-6-19(18,23)14(20)10-11/h4-5,12,15-16,19,23-25H,1-3,6-11H2;2-4,14,17,21,23H,1,5-10H2/t15-,16+,19-,20-,21+;14-,17+,18+,19-/m01/s1. The number of aliphatic hydroxyl groups excluding tert-OH is 1. The molecule has 9 aliphatic rings. The summed E-state index contributed by atoms with van der Waals surface area (Å²) < 4.78 is 12.1. The van der Waals surface area contributed by atoms with Crippen molar-refractivity contribution in [1.82, 2.24) is 9.80 Å².